The van der Waals surface area contributed by atoms with Crippen molar-refractivity contribution in [2.45, 2.75) is 13.3 Å². The maximum Gasteiger partial charge on any atom is 0.265 e. The van der Waals surface area contributed by atoms with Gasteiger partial charge >= 0.3 is 0 Å². The first-order valence-corrected chi connectivity index (χ1v) is 6.66. The lowest BCUT2D eigenvalue weighted by Crippen LogP contribution is -2.21. The maximum atomic E-state index is 11.9. The second-order valence-corrected chi connectivity index (χ2v) is 5.94. The third-order valence-electron chi connectivity index (χ3n) is 3.08. The molecule has 0 aromatic carbocycles. The summed E-state index contributed by atoms with van der Waals surface area (Å²) < 4.78 is 0. The van der Waals surface area contributed by atoms with E-state index < -0.39 is 0 Å². The number of thiophene rings is 1. The Hall–Kier alpha value is -1.23. The van der Waals surface area contributed by atoms with E-state index in [1.54, 1.807) is 19.0 Å². The van der Waals surface area contributed by atoms with Crippen molar-refractivity contribution in [3.05, 3.63) is 10.9 Å². The normalized spacial score (nSPS) is 19.7. The van der Waals surface area contributed by atoms with Crippen molar-refractivity contribution in [3.63, 3.8) is 0 Å². The van der Waals surface area contributed by atoms with Gasteiger partial charge in [-0.2, -0.15) is 0 Å². The zero-order valence-electron chi connectivity index (χ0n) is 10.6. The third kappa shape index (κ3) is 2.39. The molecule has 1 unspecified atom stereocenters. The summed E-state index contributed by atoms with van der Waals surface area (Å²) >= 11 is 1.50. The lowest BCUT2D eigenvalue weighted by molar-refractivity contribution is 0.0833. The molecule has 0 spiro atoms. The van der Waals surface area contributed by atoms with Crippen molar-refractivity contribution in [2.24, 2.45) is 5.92 Å². The Labute approximate surface area is 106 Å². The largest absolute Gasteiger partial charge is 0.397 e. The highest BCUT2D eigenvalue weighted by molar-refractivity contribution is 7.18. The summed E-state index contributed by atoms with van der Waals surface area (Å²) in [7, 11) is 3.50. The molecule has 0 radical (unpaired) electrons. The van der Waals surface area contributed by atoms with E-state index in [1.165, 1.54) is 17.8 Å². The standard InChI is InChI=1S/C12H19N3OS/c1-8-4-5-15(7-8)10-6-9(13)11(17-10)12(16)14(2)3/h6,8H,4-5,7,13H2,1-3H3. The quantitative estimate of drug-likeness (QED) is 0.875. The first-order chi connectivity index (χ1) is 7.99. The summed E-state index contributed by atoms with van der Waals surface area (Å²) in [6.07, 6.45) is 1.22. The molecule has 0 bridgehead atoms. The topological polar surface area (TPSA) is 49.6 Å². The van der Waals surface area contributed by atoms with Gasteiger partial charge in [0.05, 0.1) is 10.7 Å². The van der Waals surface area contributed by atoms with E-state index in [1.807, 2.05) is 6.07 Å². The molecule has 2 rings (SSSR count). The zero-order valence-corrected chi connectivity index (χ0v) is 11.4. The Morgan fingerprint density at radius 1 is 1.59 bits per heavy atom. The minimum Gasteiger partial charge on any atom is -0.397 e. The van der Waals surface area contributed by atoms with Gasteiger partial charge in [-0.15, -0.1) is 11.3 Å². The molecule has 1 atom stereocenters. The lowest BCUT2D eigenvalue weighted by atomic mass is 10.2. The summed E-state index contributed by atoms with van der Waals surface area (Å²) in [5, 5.41) is 1.12. The average Bonchev–Trinajstić information content (AvgIpc) is 2.83. The first-order valence-electron chi connectivity index (χ1n) is 5.85. The van der Waals surface area contributed by atoms with Gasteiger partial charge in [-0.3, -0.25) is 4.79 Å². The molecule has 1 aromatic heterocycles. The zero-order chi connectivity index (χ0) is 12.6. The van der Waals surface area contributed by atoms with Crippen LogP contribution in [0.5, 0.6) is 0 Å². The van der Waals surface area contributed by atoms with Gasteiger partial charge in [-0.05, 0) is 18.4 Å². The summed E-state index contributed by atoms with van der Waals surface area (Å²) in [6.45, 7) is 4.38. The van der Waals surface area contributed by atoms with E-state index in [0.29, 0.717) is 10.6 Å². The van der Waals surface area contributed by atoms with E-state index in [4.69, 9.17) is 5.73 Å². The van der Waals surface area contributed by atoms with Gasteiger partial charge in [0.1, 0.15) is 4.88 Å². The van der Waals surface area contributed by atoms with Gasteiger partial charge in [0.15, 0.2) is 0 Å². The van der Waals surface area contributed by atoms with E-state index in [0.717, 1.165) is 24.0 Å². The Bertz CT molecular complexity index is 427. The number of rotatable bonds is 2. The van der Waals surface area contributed by atoms with Crippen LogP contribution in [0.4, 0.5) is 10.7 Å². The molecule has 1 aliphatic heterocycles. The molecule has 0 saturated carbocycles. The average molecular weight is 253 g/mol. The lowest BCUT2D eigenvalue weighted by Gasteiger charge is -2.15. The molecule has 1 aromatic rings. The predicted octanol–water partition coefficient (Wildman–Crippen LogP) is 1.88. The highest BCUT2D eigenvalue weighted by Crippen LogP contribution is 2.35. The van der Waals surface area contributed by atoms with Crippen molar-refractivity contribution in [1.82, 2.24) is 4.90 Å². The molecule has 4 nitrogen and oxygen atoms in total. The van der Waals surface area contributed by atoms with Crippen molar-refractivity contribution in [1.29, 1.82) is 0 Å². The smallest absolute Gasteiger partial charge is 0.265 e. The first kappa shape index (κ1) is 12.2. The Balaban J connectivity index is 2.21. The van der Waals surface area contributed by atoms with Gasteiger partial charge in [-0.1, -0.05) is 6.92 Å². The maximum absolute atomic E-state index is 11.9. The second kappa shape index (κ2) is 4.56. The van der Waals surface area contributed by atoms with Gasteiger partial charge in [0.25, 0.3) is 5.91 Å². The number of nitrogens with zero attached hydrogens (tertiary/aromatic N) is 2. The number of carbonyl (C=O) groups is 1. The van der Waals surface area contributed by atoms with Crippen LogP contribution in [0, 0.1) is 5.92 Å². The molecule has 2 N–H and O–H groups in total. The highest BCUT2D eigenvalue weighted by atomic mass is 32.1. The van der Waals surface area contributed by atoms with Gasteiger partial charge < -0.3 is 15.5 Å². The van der Waals surface area contributed by atoms with Crippen LogP contribution in [-0.2, 0) is 0 Å². The van der Waals surface area contributed by atoms with Crippen molar-refractivity contribution in [3.8, 4) is 0 Å². The van der Waals surface area contributed by atoms with E-state index in [9.17, 15) is 4.79 Å². The predicted molar refractivity (Wildman–Crippen MR) is 72.7 cm³/mol. The minimum atomic E-state index is -0.00834. The molecule has 1 fully saturated rings. The summed E-state index contributed by atoms with van der Waals surface area (Å²) in [5.74, 6) is 0.720. The molecule has 0 aliphatic carbocycles. The monoisotopic (exact) mass is 253 g/mol. The molecule has 5 heteroatoms. The molecular formula is C12H19N3OS. The van der Waals surface area contributed by atoms with Crippen LogP contribution in [0.2, 0.25) is 0 Å². The molecule has 1 amide bonds. The number of nitrogens with two attached hydrogens (primary N) is 1. The number of anilines is 2. The fourth-order valence-corrected chi connectivity index (χ4v) is 3.19. The van der Waals surface area contributed by atoms with Crippen LogP contribution in [0.1, 0.15) is 23.0 Å². The fraction of sp³-hybridized carbons (Fsp3) is 0.583. The Morgan fingerprint density at radius 2 is 2.29 bits per heavy atom. The number of hydrogen-bond donors (Lipinski definition) is 1. The number of hydrogen-bond acceptors (Lipinski definition) is 4. The van der Waals surface area contributed by atoms with Gasteiger partial charge in [-0.25, -0.2) is 0 Å². The number of carbonyl (C=O) groups excluding carboxylic acids is 1. The third-order valence-corrected chi connectivity index (χ3v) is 4.28. The molecule has 94 valence electrons. The molecular weight excluding hydrogens is 234 g/mol. The highest BCUT2D eigenvalue weighted by Gasteiger charge is 2.23. The van der Waals surface area contributed by atoms with Crippen LogP contribution < -0.4 is 10.6 Å². The molecule has 2 heterocycles. The summed E-state index contributed by atoms with van der Waals surface area (Å²) in [5.41, 5.74) is 6.52. The van der Waals surface area contributed by atoms with Crippen LogP contribution in [0.15, 0.2) is 6.07 Å². The van der Waals surface area contributed by atoms with Gasteiger partial charge in [0.2, 0.25) is 0 Å². The van der Waals surface area contributed by atoms with Crippen LogP contribution >= 0.6 is 11.3 Å². The summed E-state index contributed by atoms with van der Waals surface area (Å²) in [4.78, 5) is 16.4. The summed E-state index contributed by atoms with van der Waals surface area (Å²) in [6, 6.07) is 1.93. The molecule has 17 heavy (non-hydrogen) atoms. The van der Waals surface area contributed by atoms with Crippen molar-refractivity contribution >= 4 is 27.9 Å². The van der Waals surface area contributed by atoms with Crippen molar-refractivity contribution < 1.29 is 4.79 Å². The van der Waals surface area contributed by atoms with E-state index in [2.05, 4.69) is 11.8 Å². The minimum absolute atomic E-state index is 0.00834. The van der Waals surface area contributed by atoms with Crippen LogP contribution in [0.3, 0.4) is 0 Å². The fourth-order valence-electron chi connectivity index (χ4n) is 2.05. The van der Waals surface area contributed by atoms with Gasteiger partial charge in [0, 0.05) is 27.2 Å². The van der Waals surface area contributed by atoms with E-state index >= 15 is 0 Å². The van der Waals surface area contributed by atoms with E-state index in [-0.39, 0.29) is 5.91 Å². The Kier molecular flexibility index (Phi) is 3.28. The van der Waals surface area contributed by atoms with Crippen molar-refractivity contribution in [2.75, 3.05) is 37.8 Å². The SMILES string of the molecule is CC1CCN(c2cc(N)c(C(=O)N(C)C)s2)C1. The number of amides is 1. The molecule has 1 aliphatic rings. The molecule has 1 saturated heterocycles. The van der Waals surface area contributed by atoms with Crippen LogP contribution in [-0.4, -0.2) is 38.0 Å². The number of nitrogen functional groups attached to an aromatic ring is 1. The van der Waals surface area contributed by atoms with Crippen LogP contribution in [0.25, 0.3) is 0 Å². The Morgan fingerprint density at radius 3 is 2.82 bits per heavy atom. The second-order valence-electron chi connectivity index (χ2n) is 4.91.